The number of benzene rings is 1. The average Bonchev–Trinajstić information content (AvgIpc) is 2.89. The summed E-state index contributed by atoms with van der Waals surface area (Å²) >= 11 is 0. The van der Waals surface area contributed by atoms with Crippen LogP contribution in [0.2, 0.25) is 0 Å². The van der Waals surface area contributed by atoms with Crippen LogP contribution in [0.15, 0.2) is 42.5 Å². The fourth-order valence-corrected chi connectivity index (χ4v) is 2.79. The molecule has 0 bridgehead atoms. The highest BCUT2D eigenvalue weighted by Gasteiger charge is 2.09. The van der Waals surface area contributed by atoms with Crippen molar-refractivity contribution >= 4 is 11.7 Å². The molecule has 134 valence electrons. The van der Waals surface area contributed by atoms with Crippen molar-refractivity contribution < 1.29 is 4.79 Å². The number of nitrogens with one attached hydrogen (secondary N) is 1. The molecule has 0 aliphatic carbocycles. The predicted octanol–water partition coefficient (Wildman–Crippen LogP) is 2.88. The molecule has 0 spiro atoms. The van der Waals surface area contributed by atoms with Gasteiger partial charge in [0.2, 0.25) is 0 Å². The number of carbonyl (C=O) groups excluding carboxylic acids is 1. The maximum atomic E-state index is 12.3. The number of hydrogen-bond acceptors (Lipinski definition) is 4. The van der Waals surface area contributed by atoms with Crippen LogP contribution in [0.25, 0.3) is 11.3 Å². The van der Waals surface area contributed by atoms with E-state index in [2.05, 4.69) is 22.3 Å². The lowest BCUT2D eigenvalue weighted by atomic mass is 10.1. The van der Waals surface area contributed by atoms with E-state index in [1.165, 1.54) is 5.56 Å². The van der Waals surface area contributed by atoms with Gasteiger partial charge in [0.1, 0.15) is 5.82 Å². The molecule has 2 aromatic heterocycles. The van der Waals surface area contributed by atoms with E-state index in [0.29, 0.717) is 24.5 Å². The summed E-state index contributed by atoms with van der Waals surface area (Å²) in [6, 6.07) is 12.8. The van der Waals surface area contributed by atoms with Gasteiger partial charge in [-0.05, 0) is 50.6 Å². The highest BCUT2D eigenvalue weighted by molar-refractivity contribution is 5.94. The van der Waals surface area contributed by atoms with Crippen LogP contribution in [-0.2, 0) is 6.54 Å². The molecule has 0 radical (unpaired) electrons. The number of rotatable bonds is 5. The minimum absolute atomic E-state index is 0.102. The second kappa shape index (κ2) is 7.39. The summed E-state index contributed by atoms with van der Waals surface area (Å²) in [5.41, 5.74) is 11.4. The first kappa shape index (κ1) is 17.7. The van der Waals surface area contributed by atoms with Crippen LogP contribution in [0.1, 0.15) is 27.3 Å². The van der Waals surface area contributed by atoms with E-state index in [9.17, 15) is 4.79 Å². The van der Waals surface area contributed by atoms with Crippen LogP contribution in [0.5, 0.6) is 0 Å². The summed E-state index contributed by atoms with van der Waals surface area (Å²) in [4.78, 5) is 16.6. The van der Waals surface area contributed by atoms with Gasteiger partial charge in [-0.15, -0.1) is 0 Å². The van der Waals surface area contributed by atoms with Gasteiger partial charge >= 0.3 is 0 Å². The van der Waals surface area contributed by atoms with Gasteiger partial charge in [-0.25, -0.2) is 4.98 Å². The molecule has 1 aromatic carbocycles. The molecular weight excluding hydrogens is 326 g/mol. The zero-order valence-electron chi connectivity index (χ0n) is 15.3. The maximum absolute atomic E-state index is 12.3. The summed E-state index contributed by atoms with van der Waals surface area (Å²) in [5.74, 6) is 0.374. The summed E-state index contributed by atoms with van der Waals surface area (Å²) in [5, 5.41) is 7.42. The first-order valence-corrected chi connectivity index (χ1v) is 8.57. The number of aryl methyl sites for hydroxylation is 1. The molecule has 6 heteroatoms. The number of nitrogens with zero attached hydrogens (tertiary/aromatic N) is 3. The van der Waals surface area contributed by atoms with Crippen LogP contribution in [0.3, 0.4) is 0 Å². The van der Waals surface area contributed by atoms with Gasteiger partial charge in [-0.2, -0.15) is 5.10 Å². The Morgan fingerprint density at radius 3 is 2.46 bits per heavy atom. The molecule has 1 amide bonds. The molecule has 3 N–H and O–H groups in total. The molecule has 0 unspecified atom stereocenters. The third-order valence-corrected chi connectivity index (χ3v) is 4.57. The van der Waals surface area contributed by atoms with Crippen molar-refractivity contribution in [1.29, 1.82) is 0 Å². The lowest BCUT2D eigenvalue weighted by molar-refractivity contribution is 0.0952. The Balaban J connectivity index is 1.60. The average molecular weight is 349 g/mol. The number of carbonyl (C=O) groups is 1. The fraction of sp³-hybridized carbons (Fsp3) is 0.250. The lowest BCUT2D eigenvalue weighted by Crippen LogP contribution is -2.27. The van der Waals surface area contributed by atoms with Crippen molar-refractivity contribution in [2.45, 2.75) is 27.3 Å². The highest BCUT2D eigenvalue weighted by atomic mass is 16.1. The second-order valence-electron chi connectivity index (χ2n) is 6.30. The van der Waals surface area contributed by atoms with Crippen LogP contribution < -0.4 is 11.1 Å². The van der Waals surface area contributed by atoms with Crippen molar-refractivity contribution in [2.24, 2.45) is 0 Å². The summed E-state index contributed by atoms with van der Waals surface area (Å²) in [6.07, 6.45) is 0. The SMILES string of the molecule is Cc1nn(CCNC(=O)c2ccc(-c3cccc(N)n3)cc2)c(C)c1C. The Bertz CT molecular complexity index is 928. The van der Waals surface area contributed by atoms with Crippen LogP contribution in [-0.4, -0.2) is 27.2 Å². The Morgan fingerprint density at radius 2 is 1.85 bits per heavy atom. The van der Waals surface area contributed by atoms with Gasteiger partial charge in [0.25, 0.3) is 5.91 Å². The van der Waals surface area contributed by atoms with Gasteiger partial charge in [0.15, 0.2) is 0 Å². The zero-order valence-corrected chi connectivity index (χ0v) is 15.3. The normalized spacial score (nSPS) is 10.7. The van der Waals surface area contributed by atoms with Crippen LogP contribution in [0.4, 0.5) is 5.82 Å². The number of nitrogens with two attached hydrogens (primary N) is 1. The number of pyridine rings is 1. The van der Waals surface area contributed by atoms with E-state index >= 15 is 0 Å². The molecule has 0 aliphatic rings. The smallest absolute Gasteiger partial charge is 0.251 e. The Labute approximate surface area is 153 Å². The first-order chi connectivity index (χ1) is 12.5. The molecule has 3 rings (SSSR count). The van der Waals surface area contributed by atoms with Gasteiger partial charge < -0.3 is 11.1 Å². The molecule has 0 aliphatic heterocycles. The fourth-order valence-electron chi connectivity index (χ4n) is 2.79. The molecule has 6 nitrogen and oxygen atoms in total. The largest absolute Gasteiger partial charge is 0.384 e. The highest BCUT2D eigenvalue weighted by Crippen LogP contribution is 2.18. The van der Waals surface area contributed by atoms with E-state index in [1.54, 1.807) is 18.2 Å². The Kier molecular flexibility index (Phi) is 5.02. The summed E-state index contributed by atoms with van der Waals surface area (Å²) in [7, 11) is 0. The van der Waals surface area contributed by atoms with E-state index in [1.807, 2.05) is 42.8 Å². The minimum Gasteiger partial charge on any atom is -0.384 e. The quantitative estimate of drug-likeness (QED) is 0.741. The maximum Gasteiger partial charge on any atom is 0.251 e. The molecule has 26 heavy (non-hydrogen) atoms. The molecule has 2 heterocycles. The number of amides is 1. The summed E-state index contributed by atoms with van der Waals surface area (Å²) in [6.45, 7) is 7.27. The zero-order chi connectivity index (χ0) is 18.7. The number of aromatic nitrogens is 3. The van der Waals surface area contributed by atoms with Crippen molar-refractivity contribution in [3.05, 3.63) is 65.0 Å². The summed E-state index contributed by atoms with van der Waals surface area (Å²) < 4.78 is 1.93. The van der Waals surface area contributed by atoms with Gasteiger partial charge in [-0.1, -0.05) is 18.2 Å². The first-order valence-electron chi connectivity index (χ1n) is 8.57. The Hall–Kier alpha value is -3.15. The minimum atomic E-state index is -0.102. The molecule has 0 saturated heterocycles. The van der Waals surface area contributed by atoms with E-state index < -0.39 is 0 Å². The molecule has 0 saturated carbocycles. The van der Waals surface area contributed by atoms with Crippen LogP contribution in [0, 0.1) is 20.8 Å². The van der Waals surface area contributed by atoms with Crippen LogP contribution >= 0.6 is 0 Å². The van der Waals surface area contributed by atoms with E-state index in [4.69, 9.17) is 5.73 Å². The number of anilines is 1. The molecular formula is C20H23N5O. The van der Waals surface area contributed by atoms with Crippen molar-refractivity contribution in [1.82, 2.24) is 20.1 Å². The molecule has 0 fully saturated rings. The van der Waals surface area contributed by atoms with E-state index in [0.717, 1.165) is 22.6 Å². The van der Waals surface area contributed by atoms with Gasteiger partial charge in [0, 0.05) is 23.4 Å². The lowest BCUT2D eigenvalue weighted by Gasteiger charge is -2.08. The molecule has 0 atom stereocenters. The predicted molar refractivity (Wildman–Crippen MR) is 103 cm³/mol. The number of nitrogen functional groups attached to an aromatic ring is 1. The Morgan fingerprint density at radius 1 is 1.12 bits per heavy atom. The van der Waals surface area contributed by atoms with Crippen molar-refractivity contribution in [2.75, 3.05) is 12.3 Å². The second-order valence-corrected chi connectivity index (χ2v) is 6.30. The van der Waals surface area contributed by atoms with E-state index in [-0.39, 0.29) is 5.91 Å². The van der Waals surface area contributed by atoms with Crippen molar-refractivity contribution in [3.63, 3.8) is 0 Å². The number of hydrogen-bond donors (Lipinski definition) is 2. The van der Waals surface area contributed by atoms with Gasteiger partial charge in [0.05, 0.1) is 17.9 Å². The van der Waals surface area contributed by atoms with Gasteiger partial charge in [-0.3, -0.25) is 9.48 Å². The molecule has 3 aromatic rings. The topological polar surface area (TPSA) is 85.8 Å². The third kappa shape index (κ3) is 3.74. The van der Waals surface area contributed by atoms with Crippen molar-refractivity contribution in [3.8, 4) is 11.3 Å². The third-order valence-electron chi connectivity index (χ3n) is 4.57. The standard InChI is InChI=1S/C20H23N5O/c1-13-14(2)24-25(15(13)3)12-11-22-20(26)17-9-7-16(8-10-17)18-5-4-6-19(21)23-18/h4-10H,11-12H2,1-3H3,(H2,21,23)(H,22,26). The monoisotopic (exact) mass is 349 g/mol.